The molecule has 1 unspecified atom stereocenters. The minimum atomic E-state index is 0.195. The molecule has 0 aliphatic heterocycles. The molecule has 0 spiro atoms. The molecule has 2 aromatic heterocycles. The lowest BCUT2D eigenvalue weighted by molar-refractivity contribution is 0.208. The molecule has 2 aromatic carbocycles. The number of nitrogens with one attached hydrogen (secondary N) is 2. The molecule has 0 bridgehead atoms. The van der Waals surface area contributed by atoms with E-state index in [1.54, 1.807) is 0 Å². The molecule has 2 N–H and O–H groups in total. The van der Waals surface area contributed by atoms with Gasteiger partial charge in [-0.2, -0.15) is 0 Å². The van der Waals surface area contributed by atoms with Crippen molar-refractivity contribution in [3.05, 3.63) is 99.4 Å². The van der Waals surface area contributed by atoms with Crippen LogP contribution in [0.25, 0.3) is 10.9 Å². The molecule has 1 atom stereocenters. The van der Waals surface area contributed by atoms with Gasteiger partial charge in [0.15, 0.2) is 0 Å². The molecule has 3 nitrogen and oxygen atoms in total. The van der Waals surface area contributed by atoms with Crippen LogP contribution in [0.4, 0.5) is 0 Å². The number of halogens is 2. The number of rotatable bonds is 8. The highest BCUT2D eigenvalue weighted by atomic mass is 35.5. The predicted octanol–water partition coefficient (Wildman–Crippen LogP) is 7.16. The highest BCUT2D eigenvalue weighted by Crippen LogP contribution is 2.43. The number of benzene rings is 2. The van der Waals surface area contributed by atoms with Crippen LogP contribution in [0, 0.1) is 5.41 Å². The normalized spacial score (nSPS) is 17.9. The van der Waals surface area contributed by atoms with Crippen molar-refractivity contribution in [2.45, 2.75) is 45.1 Å². The van der Waals surface area contributed by atoms with Crippen LogP contribution >= 0.6 is 23.2 Å². The lowest BCUT2D eigenvalue weighted by atomic mass is 9.69. The fraction of sp³-hybridized carbons (Fsp3) is 0.321. The van der Waals surface area contributed by atoms with Gasteiger partial charge in [-0.05, 0) is 79.3 Å². The minimum Gasteiger partial charge on any atom is -0.357 e. The molecule has 1 aliphatic rings. The first kappa shape index (κ1) is 22.5. The second-order valence-electron chi connectivity index (χ2n) is 9.33. The summed E-state index contributed by atoms with van der Waals surface area (Å²) < 4.78 is 0. The predicted molar refractivity (Wildman–Crippen MR) is 138 cm³/mol. The zero-order chi connectivity index (χ0) is 22.7. The fourth-order valence-corrected chi connectivity index (χ4v) is 5.86. The van der Waals surface area contributed by atoms with Crippen molar-refractivity contribution in [3.63, 3.8) is 0 Å². The monoisotopic (exact) mass is 477 g/mol. The SMILES string of the molecule is Clc1cc(Cl)c2[nH]c3c(c2c1)CC(CCCc1ccccc1)(CNCc1ccccn1)CC3. The third-order valence-electron chi connectivity index (χ3n) is 7.03. The Bertz CT molecular complexity index is 1170. The summed E-state index contributed by atoms with van der Waals surface area (Å²) >= 11 is 12.9. The van der Waals surface area contributed by atoms with E-state index in [1.807, 2.05) is 24.4 Å². The van der Waals surface area contributed by atoms with Gasteiger partial charge in [-0.3, -0.25) is 4.98 Å². The first-order valence-corrected chi connectivity index (χ1v) is 12.5. The second kappa shape index (κ2) is 9.89. The van der Waals surface area contributed by atoms with E-state index in [0.717, 1.165) is 50.0 Å². The molecule has 170 valence electrons. The summed E-state index contributed by atoms with van der Waals surface area (Å²) in [5.74, 6) is 0. The summed E-state index contributed by atoms with van der Waals surface area (Å²) in [7, 11) is 0. The van der Waals surface area contributed by atoms with Crippen molar-refractivity contribution in [1.29, 1.82) is 0 Å². The van der Waals surface area contributed by atoms with Crippen LogP contribution in [-0.2, 0) is 25.8 Å². The van der Waals surface area contributed by atoms with Crippen LogP contribution in [0.2, 0.25) is 10.0 Å². The lowest BCUT2D eigenvalue weighted by Crippen LogP contribution is -2.39. The van der Waals surface area contributed by atoms with E-state index < -0.39 is 0 Å². The van der Waals surface area contributed by atoms with Crippen LogP contribution in [-0.4, -0.2) is 16.5 Å². The van der Waals surface area contributed by atoms with E-state index in [2.05, 4.69) is 57.7 Å². The Morgan fingerprint density at radius 1 is 1.03 bits per heavy atom. The fourth-order valence-electron chi connectivity index (χ4n) is 5.32. The Morgan fingerprint density at radius 3 is 2.70 bits per heavy atom. The number of aromatic nitrogens is 2. The zero-order valence-electron chi connectivity index (χ0n) is 18.7. The van der Waals surface area contributed by atoms with Crippen LogP contribution < -0.4 is 5.32 Å². The molecule has 4 aromatic rings. The van der Waals surface area contributed by atoms with Crippen molar-refractivity contribution in [1.82, 2.24) is 15.3 Å². The summed E-state index contributed by atoms with van der Waals surface area (Å²) in [6.45, 7) is 1.76. The second-order valence-corrected chi connectivity index (χ2v) is 10.2. The molecule has 5 rings (SSSR count). The first-order chi connectivity index (χ1) is 16.1. The highest BCUT2D eigenvalue weighted by Gasteiger charge is 2.35. The molecule has 1 aliphatic carbocycles. The third kappa shape index (κ3) is 5.11. The van der Waals surface area contributed by atoms with Gasteiger partial charge in [-0.1, -0.05) is 59.6 Å². The zero-order valence-corrected chi connectivity index (χ0v) is 20.2. The maximum Gasteiger partial charge on any atom is 0.0662 e. The molecule has 0 radical (unpaired) electrons. The number of H-pyrrole nitrogens is 1. The molecule has 0 fully saturated rings. The van der Waals surface area contributed by atoms with Crippen molar-refractivity contribution in [3.8, 4) is 0 Å². The highest BCUT2D eigenvalue weighted by molar-refractivity contribution is 6.38. The van der Waals surface area contributed by atoms with Gasteiger partial charge in [0.2, 0.25) is 0 Å². The van der Waals surface area contributed by atoms with E-state index >= 15 is 0 Å². The van der Waals surface area contributed by atoms with E-state index in [-0.39, 0.29) is 5.41 Å². The number of hydrogen-bond acceptors (Lipinski definition) is 2. The first-order valence-electron chi connectivity index (χ1n) is 11.7. The molecular weight excluding hydrogens is 449 g/mol. The summed E-state index contributed by atoms with van der Waals surface area (Å²) in [5.41, 5.74) is 6.42. The largest absolute Gasteiger partial charge is 0.357 e. The topological polar surface area (TPSA) is 40.7 Å². The van der Waals surface area contributed by atoms with Gasteiger partial charge >= 0.3 is 0 Å². The summed E-state index contributed by atoms with van der Waals surface area (Å²) in [6.07, 6.45) is 8.55. The van der Waals surface area contributed by atoms with Gasteiger partial charge in [0, 0.05) is 35.4 Å². The number of aromatic amines is 1. The molecule has 2 heterocycles. The molecule has 5 heteroatoms. The lowest BCUT2D eigenvalue weighted by Gasteiger charge is -2.38. The Balaban J connectivity index is 1.37. The Kier molecular flexibility index (Phi) is 6.73. The Labute approximate surface area is 205 Å². The van der Waals surface area contributed by atoms with Gasteiger partial charge in [-0.15, -0.1) is 0 Å². The minimum absolute atomic E-state index is 0.195. The van der Waals surface area contributed by atoms with E-state index in [4.69, 9.17) is 23.2 Å². The van der Waals surface area contributed by atoms with Gasteiger partial charge in [0.25, 0.3) is 0 Å². The Morgan fingerprint density at radius 2 is 1.88 bits per heavy atom. The van der Waals surface area contributed by atoms with Crippen LogP contribution in [0.15, 0.2) is 66.9 Å². The van der Waals surface area contributed by atoms with E-state index in [1.165, 1.54) is 35.0 Å². The van der Waals surface area contributed by atoms with Gasteiger partial charge in [0.05, 0.1) is 16.2 Å². The van der Waals surface area contributed by atoms with Crippen LogP contribution in [0.5, 0.6) is 0 Å². The number of pyridine rings is 1. The summed E-state index contributed by atoms with van der Waals surface area (Å²) in [5, 5.41) is 6.31. The van der Waals surface area contributed by atoms with E-state index in [9.17, 15) is 0 Å². The molecule has 0 saturated carbocycles. The maximum atomic E-state index is 6.52. The van der Waals surface area contributed by atoms with Gasteiger partial charge in [-0.25, -0.2) is 0 Å². The van der Waals surface area contributed by atoms with Crippen molar-refractivity contribution in [2.24, 2.45) is 5.41 Å². The third-order valence-corrected chi connectivity index (χ3v) is 7.54. The molecule has 33 heavy (non-hydrogen) atoms. The number of hydrogen-bond donors (Lipinski definition) is 2. The quantitative estimate of drug-likeness (QED) is 0.282. The van der Waals surface area contributed by atoms with Crippen molar-refractivity contribution >= 4 is 34.1 Å². The van der Waals surface area contributed by atoms with Crippen LogP contribution in [0.3, 0.4) is 0 Å². The standard InChI is InChI=1S/C28H29Cl2N3/c29-21-15-23-24-17-28(12-6-9-20-7-2-1-3-8-20,19-31-18-22-10-4-5-14-32-22)13-11-26(24)33-27(23)25(30)16-21/h1-5,7-8,10,14-16,31,33H,6,9,11-13,17-19H2. The molecule has 0 saturated heterocycles. The average molecular weight is 478 g/mol. The number of nitrogens with zero attached hydrogens (tertiary/aromatic N) is 1. The number of fused-ring (bicyclic) bond motifs is 3. The van der Waals surface area contributed by atoms with Crippen molar-refractivity contribution < 1.29 is 0 Å². The van der Waals surface area contributed by atoms with Gasteiger partial charge < -0.3 is 10.3 Å². The number of aryl methyl sites for hydroxylation is 2. The van der Waals surface area contributed by atoms with E-state index in [0.29, 0.717) is 10.0 Å². The van der Waals surface area contributed by atoms with Crippen LogP contribution in [0.1, 0.15) is 41.8 Å². The molecular formula is C28H29Cl2N3. The summed E-state index contributed by atoms with van der Waals surface area (Å²) in [4.78, 5) is 8.07. The average Bonchev–Trinajstić information content (AvgIpc) is 3.18. The van der Waals surface area contributed by atoms with Crippen molar-refractivity contribution in [2.75, 3.05) is 6.54 Å². The smallest absolute Gasteiger partial charge is 0.0662 e. The Hall–Kier alpha value is -2.33. The maximum absolute atomic E-state index is 6.52. The summed E-state index contributed by atoms with van der Waals surface area (Å²) in [6, 6.07) is 20.8. The van der Waals surface area contributed by atoms with Gasteiger partial charge in [0.1, 0.15) is 0 Å². The molecule has 0 amide bonds.